The normalized spacial score (nSPS) is 21.3. The maximum Gasteiger partial charge on any atom is 0.229 e. The minimum atomic E-state index is -0.587. The Bertz CT molecular complexity index is 988. The molecule has 0 spiro atoms. The molecule has 1 fully saturated rings. The van der Waals surface area contributed by atoms with Crippen LogP contribution in [0.4, 0.5) is 27.5 Å². The van der Waals surface area contributed by atoms with Crippen LogP contribution in [-0.4, -0.2) is 60.0 Å². The van der Waals surface area contributed by atoms with Crippen LogP contribution in [0, 0.1) is 18.7 Å². The molecule has 0 radical (unpaired) electrons. The summed E-state index contributed by atoms with van der Waals surface area (Å²) in [7, 11) is 2.14. The van der Waals surface area contributed by atoms with Crippen molar-refractivity contribution < 1.29 is 9.18 Å². The topological polar surface area (TPSA) is 99.4 Å². The molecule has 31 heavy (non-hydrogen) atoms. The Kier molecular flexibility index (Phi) is 6.03. The van der Waals surface area contributed by atoms with Crippen molar-refractivity contribution >= 4 is 29.0 Å². The van der Waals surface area contributed by atoms with E-state index >= 15 is 0 Å². The first-order chi connectivity index (χ1) is 14.9. The van der Waals surface area contributed by atoms with Gasteiger partial charge in [-0.3, -0.25) is 4.79 Å². The first kappa shape index (κ1) is 21.0. The van der Waals surface area contributed by atoms with Gasteiger partial charge in [-0.05, 0) is 44.2 Å². The van der Waals surface area contributed by atoms with Crippen LogP contribution < -0.4 is 21.3 Å². The van der Waals surface area contributed by atoms with Gasteiger partial charge in [-0.2, -0.15) is 4.98 Å². The number of aryl methyl sites for hydroxylation is 1. The van der Waals surface area contributed by atoms with E-state index < -0.39 is 17.6 Å². The number of allylic oxidation sites excluding steroid dienone is 1. The van der Waals surface area contributed by atoms with Crippen molar-refractivity contribution in [2.45, 2.75) is 19.4 Å². The number of nitrogens with two attached hydrogens (primary N) is 1. The van der Waals surface area contributed by atoms with Crippen LogP contribution >= 0.6 is 0 Å². The number of hydrogen-bond donors (Lipinski definition) is 3. The summed E-state index contributed by atoms with van der Waals surface area (Å²) in [5.74, 6) is -1.13. The number of likely N-dealkylation sites (N-methyl/N-ethyl adjacent to an activating group) is 1. The lowest BCUT2D eigenvalue weighted by Gasteiger charge is -2.35. The van der Waals surface area contributed by atoms with E-state index in [1.807, 2.05) is 24.3 Å². The maximum absolute atomic E-state index is 14.3. The monoisotopic (exact) mass is 425 g/mol. The number of aromatic nitrogens is 2. The molecular formula is C22H28FN7O. The summed E-state index contributed by atoms with van der Waals surface area (Å²) in [4.78, 5) is 24.6. The van der Waals surface area contributed by atoms with Gasteiger partial charge >= 0.3 is 0 Å². The minimum absolute atomic E-state index is 0.0334. The largest absolute Gasteiger partial charge is 0.369 e. The van der Waals surface area contributed by atoms with E-state index in [1.165, 1.54) is 5.69 Å². The number of carbonyl (C=O) groups excluding carboxylic acids is 1. The van der Waals surface area contributed by atoms with Gasteiger partial charge in [0.2, 0.25) is 11.9 Å². The fourth-order valence-corrected chi connectivity index (χ4v) is 4.05. The molecule has 4 N–H and O–H groups in total. The molecule has 9 heteroatoms. The number of piperazine rings is 1. The average Bonchev–Trinajstić information content (AvgIpc) is 3.20. The van der Waals surface area contributed by atoms with Crippen LogP contribution in [0.5, 0.6) is 0 Å². The molecular weight excluding hydrogens is 397 g/mol. The van der Waals surface area contributed by atoms with Gasteiger partial charge in [0, 0.05) is 37.6 Å². The molecule has 8 nitrogen and oxygen atoms in total. The molecule has 4 rings (SSSR count). The Hall–Kier alpha value is -3.20. The van der Waals surface area contributed by atoms with Crippen LogP contribution in [-0.2, 0) is 4.79 Å². The predicted octanol–water partition coefficient (Wildman–Crippen LogP) is 2.26. The summed E-state index contributed by atoms with van der Waals surface area (Å²) < 4.78 is 14.3. The fraction of sp³-hybridized carbons (Fsp3) is 0.409. The van der Waals surface area contributed by atoms with E-state index in [1.54, 1.807) is 0 Å². The highest BCUT2D eigenvalue weighted by Gasteiger charge is 2.28. The molecule has 1 amide bonds. The van der Waals surface area contributed by atoms with E-state index in [0.29, 0.717) is 6.42 Å². The molecule has 2 aromatic rings. The Morgan fingerprint density at radius 1 is 1.26 bits per heavy atom. The third-order valence-electron chi connectivity index (χ3n) is 5.88. The van der Waals surface area contributed by atoms with Crippen molar-refractivity contribution in [3.63, 3.8) is 0 Å². The molecule has 0 saturated carbocycles. The van der Waals surface area contributed by atoms with Crippen molar-refractivity contribution in [1.82, 2.24) is 14.9 Å². The summed E-state index contributed by atoms with van der Waals surface area (Å²) in [6.07, 6.45) is 5.31. The Labute approximate surface area is 181 Å². The zero-order chi connectivity index (χ0) is 22.0. The number of nitrogens with zero attached hydrogens (tertiary/aromatic N) is 4. The summed E-state index contributed by atoms with van der Waals surface area (Å²) in [6.45, 7) is 6.18. The fourth-order valence-electron chi connectivity index (χ4n) is 4.05. The summed E-state index contributed by atoms with van der Waals surface area (Å²) in [5, 5.41) is 6.11. The number of rotatable bonds is 6. The zero-order valence-corrected chi connectivity index (χ0v) is 17.8. The van der Waals surface area contributed by atoms with Gasteiger partial charge in [0.1, 0.15) is 0 Å². The van der Waals surface area contributed by atoms with Gasteiger partial charge in [0.15, 0.2) is 11.6 Å². The van der Waals surface area contributed by atoms with E-state index in [4.69, 9.17) is 5.73 Å². The quantitative estimate of drug-likeness (QED) is 0.611. The number of nitrogens with one attached hydrogen (secondary N) is 2. The first-order valence-electron chi connectivity index (χ1n) is 10.5. The maximum atomic E-state index is 14.3. The van der Waals surface area contributed by atoms with Crippen molar-refractivity contribution in [1.29, 1.82) is 0 Å². The Balaban J connectivity index is 1.47. The molecule has 2 atom stereocenters. The van der Waals surface area contributed by atoms with Gasteiger partial charge in [-0.15, -0.1) is 0 Å². The molecule has 164 valence electrons. The Morgan fingerprint density at radius 3 is 2.74 bits per heavy atom. The SMILES string of the molecule is Cc1cc(Nc2ncc(F)c(N[C@@H]3C=CC[C@@H]3C(N)=O)n2)ccc1N1CCN(C)CC1. The van der Waals surface area contributed by atoms with Crippen LogP contribution in [0.3, 0.4) is 0 Å². The number of benzene rings is 1. The lowest BCUT2D eigenvalue weighted by molar-refractivity contribution is -0.121. The van der Waals surface area contributed by atoms with Gasteiger partial charge in [-0.25, -0.2) is 9.37 Å². The van der Waals surface area contributed by atoms with Crippen LogP contribution in [0.25, 0.3) is 0 Å². The highest BCUT2D eigenvalue weighted by Crippen LogP contribution is 2.27. The smallest absolute Gasteiger partial charge is 0.229 e. The molecule has 2 aliphatic rings. The van der Waals surface area contributed by atoms with Crippen LogP contribution in [0.15, 0.2) is 36.5 Å². The van der Waals surface area contributed by atoms with Gasteiger partial charge in [0.25, 0.3) is 0 Å². The second kappa shape index (κ2) is 8.89. The lowest BCUT2D eigenvalue weighted by atomic mass is 10.0. The number of hydrogen-bond acceptors (Lipinski definition) is 7. The van der Waals surface area contributed by atoms with E-state index in [9.17, 15) is 9.18 Å². The molecule has 1 saturated heterocycles. The molecule has 1 aliphatic heterocycles. The number of anilines is 4. The molecule has 2 heterocycles. The third-order valence-corrected chi connectivity index (χ3v) is 5.88. The van der Waals surface area contributed by atoms with Gasteiger partial charge in [0.05, 0.1) is 18.2 Å². The second-order valence-electron chi connectivity index (χ2n) is 8.15. The number of halogens is 1. The van der Waals surface area contributed by atoms with E-state index in [2.05, 4.69) is 50.4 Å². The number of amides is 1. The third kappa shape index (κ3) is 4.77. The average molecular weight is 426 g/mol. The molecule has 0 bridgehead atoms. The van der Waals surface area contributed by atoms with Crippen LogP contribution in [0.2, 0.25) is 0 Å². The van der Waals surface area contributed by atoms with Crippen molar-refractivity contribution in [3.05, 3.63) is 47.9 Å². The van der Waals surface area contributed by atoms with Crippen LogP contribution in [0.1, 0.15) is 12.0 Å². The highest BCUT2D eigenvalue weighted by molar-refractivity contribution is 5.79. The summed E-state index contributed by atoms with van der Waals surface area (Å²) in [6, 6.07) is 5.71. The van der Waals surface area contributed by atoms with Gasteiger partial charge < -0.3 is 26.2 Å². The van der Waals surface area contributed by atoms with Crippen molar-refractivity contribution in [3.8, 4) is 0 Å². The second-order valence-corrected chi connectivity index (χ2v) is 8.15. The number of primary amides is 1. The zero-order valence-electron chi connectivity index (χ0n) is 17.8. The standard InChI is InChI=1S/C22H28FN7O/c1-14-12-15(6-7-19(14)30-10-8-29(2)9-11-30)26-22-25-13-17(23)21(28-22)27-18-5-3-4-16(18)20(24)31/h3,5-7,12-13,16,18H,4,8-11H2,1-2H3,(H2,24,31)(H2,25,26,27,28)/t16-,18+/m0/s1. The summed E-state index contributed by atoms with van der Waals surface area (Å²) >= 11 is 0. The summed E-state index contributed by atoms with van der Waals surface area (Å²) in [5.41, 5.74) is 8.62. The first-order valence-corrected chi connectivity index (χ1v) is 10.5. The van der Waals surface area contributed by atoms with Gasteiger partial charge in [-0.1, -0.05) is 12.2 Å². The molecule has 1 aromatic carbocycles. The number of carbonyl (C=O) groups is 1. The Morgan fingerprint density at radius 2 is 2.03 bits per heavy atom. The predicted molar refractivity (Wildman–Crippen MR) is 120 cm³/mol. The minimum Gasteiger partial charge on any atom is -0.369 e. The van der Waals surface area contributed by atoms with Crippen molar-refractivity contribution in [2.24, 2.45) is 11.7 Å². The molecule has 1 aliphatic carbocycles. The van der Waals surface area contributed by atoms with E-state index in [0.717, 1.165) is 43.6 Å². The molecule has 0 unspecified atom stereocenters. The van der Waals surface area contributed by atoms with E-state index in [-0.39, 0.29) is 17.8 Å². The lowest BCUT2D eigenvalue weighted by Crippen LogP contribution is -2.44. The van der Waals surface area contributed by atoms with Crippen molar-refractivity contribution in [2.75, 3.05) is 48.8 Å². The molecule has 1 aromatic heterocycles. The highest BCUT2D eigenvalue weighted by atomic mass is 19.1.